The summed E-state index contributed by atoms with van der Waals surface area (Å²) < 4.78 is 2.44. The van der Waals surface area contributed by atoms with E-state index in [9.17, 15) is 9.59 Å². The van der Waals surface area contributed by atoms with Gasteiger partial charge in [-0.1, -0.05) is 13.0 Å². The molecule has 1 unspecified atom stereocenters. The third-order valence-corrected chi connectivity index (χ3v) is 8.42. The summed E-state index contributed by atoms with van der Waals surface area (Å²) in [5.74, 6) is 0.311. The Morgan fingerprint density at radius 1 is 1.10 bits per heavy atom. The number of nitrogens with one attached hydrogen (secondary N) is 1. The van der Waals surface area contributed by atoms with Crippen LogP contribution in [-0.2, 0) is 16.1 Å². The van der Waals surface area contributed by atoms with E-state index in [2.05, 4.69) is 48.1 Å². The molecule has 2 amide bonds. The molecule has 3 atom stereocenters. The van der Waals surface area contributed by atoms with Gasteiger partial charge < -0.3 is 20.5 Å². The van der Waals surface area contributed by atoms with Gasteiger partial charge in [0.15, 0.2) is 0 Å². The SMILES string of the molecule is C[C@]12CC1N(C(=O)Cn1c3ccc(-c4ccncc4)nc3c3c(N)ncnc31)[C@H](C(=O)Nc1cccc(Br)n1)C2. The zero-order valence-electron chi connectivity index (χ0n) is 21.5. The zero-order chi connectivity index (χ0) is 27.6. The molecule has 0 radical (unpaired) electrons. The monoisotopic (exact) mass is 597 g/mol. The quantitative estimate of drug-likeness (QED) is 0.291. The first-order valence-electron chi connectivity index (χ1n) is 12.9. The number of nitrogen functional groups attached to an aromatic ring is 1. The molecule has 5 aromatic rings. The minimum atomic E-state index is -0.596. The van der Waals surface area contributed by atoms with Crippen molar-refractivity contribution in [3.05, 3.63) is 65.8 Å². The van der Waals surface area contributed by atoms with Gasteiger partial charge in [0.25, 0.3) is 0 Å². The highest BCUT2D eigenvalue weighted by molar-refractivity contribution is 9.10. The van der Waals surface area contributed by atoms with Crippen LogP contribution >= 0.6 is 15.9 Å². The van der Waals surface area contributed by atoms with Gasteiger partial charge in [0, 0.05) is 24.0 Å². The Labute approximate surface area is 237 Å². The molecule has 1 aliphatic heterocycles. The van der Waals surface area contributed by atoms with E-state index in [1.165, 1.54) is 6.33 Å². The molecule has 12 heteroatoms. The molecule has 1 saturated heterocycles. The third kappa shape index (κ3) is 3.98. The molecule has 0 aromatic carbocycles. The van der Waals surface area contributed by atoms with Gasteiger partial charge in [-0.05, 0) is 70.6 Å². The lowest BCUT2D eigenvalue weighted by Crippen LogP contribution is -2.46. The van der Waals surface area contributed by atoms with Crippen LogP contribution in [0.15, 0.2) is 65.8 Å². The number of aromatic nitrogens is 6. The van der Waals surface area contributed by atoms with Gasteiger partial charge >= 0.3 is 0 Å². The number of amides is 2. The number of pyridine rings is 3. The van der Waals surface area contributed by atoms with Crippen LogP contribution in [0.5, 0.6) is 0 Å². The zero-order valence-corrected chi connectivity index (χ0v) is 23.0. The maximum Gasteiger partial charge on any atom is 0.248 e. The first kappa shape index (κ1) is 24.6. The Morgan fingerprint density at radius 2 is 1.93 bits per heavy atom. The van der Waals surface area contributed by atoms with Crippen molar-refractivity contribution >= 4 is 61.4 Å². The minimum absolute atomic E-state index is 0.00965. The lowest BCUT2D eigenvalue weighted by Gasteiger charge is -2.27. The van der Waals surface area contributed by atoms with Crippen molar-refractivity contribution in [1.29, 1.82) is 0 Å². The summed E-state index contributed by atoms with van der Waals surface area (Å²) in [5, 5.41) is 3.47. The molecule has 1 aliphatic carbocycles. The highest BCUT2D eigenvalue weighted by Gasteiger charge is 2.64. The first-order chi connectivity index (χ1) is 19.3. The van der Waals surface area contributed by atoms with Gasteiger partial charge in [-0.2, -0.15) is 0 Å². The molecule has 200 valence electrons. The topological polar surface area (TPSA) is 145 Å². The number of hydrogen-bond donors (Lipinski definition) is 2. The van der Waals surface area contributed by atoms with E-state index in [0.717, 1.165) is 17.7 Å². The van der Waals surface area contributed by atoms with E-state index in [1.54, 1.807) is 35.5 Å². The molecule has 0 bridgehead atoms. The van der Waals surface area contributed by atoms with Gasteiger partial charge in [0.1, 0.15) is 46.3 Å². The van der Waals surface area contributed by atoms with Crippen molar-refractivity contribution in [1.82, 2.24) is 34.4 Å². The number of piperidine rings is 1. The molecular formula is C28H24BrN9O2. The van der Waals surface area contributed by atoms with Gasteiger partial charge in [-0.15, -0.1) is 0 Å². The Morgan fingerprint density at radius 3 is 2.73 bits per heavy atom. The number of halogens is 1. The Kier molecular flexibility index (Phi) is 5.56. The van der Waals surface area contributed by atoms with Gasteiger partial charge in [-0.25, -0.2) is 19.9 Å². The van der Waals surface area contributed by atoms with Crippen LogP contribution in [0.4, 0.5) is 11.6 Å². The van der Waals surface area contributed by atoms with Crippen molar-refractivity contribution in [3.63, 3.8) is 0 Å². The number of nitrogens with zero attached hydrogens (tertiary/aromatic N) is 7. The normalized spacial score (nSPS) is 21.5. The van der Waals surface area contributed by atoms with Crippen molar-refractivity contribution < 1.29 is 9.59 Å². The van der Waals surface area contributed by atoms with Crippen LogP contribution in [0.1, 0.15) is 19.8 Å². The number of carbonyl (C=O) groups is 2. The molecule has 7 rings (SSSR count). The molecule has 11 nitrogen and oxygen atoms in total. The molecule has 2 fully saturated rings. The lowest BCUT2D eigenvalue weighted by atomic mass is 10.0. The summed E-state index contributed by atoms with van der Waals surface area (Å²) in [4.78, 5) is 51.0. The third-order valence-electron chi connectivity index (χ3n) is 7.98. The molecule has 5 aromatic heterocycles. The number of anilines is 2. The van der Waals surface area contributed by atoms with Crippen LogP contribution in [0.3, 0.4) is 0 Å². The Hall–Kier alpha value is -4.45. The first-order valence-corrected chi connectivity index (χ1v) is 13.7. The van der Waals surface area contributed by atoms with E-state index >= 15 is 0 Å². The maximum absolute atomic E-state index is 14.0. The summed E-state index contributed by atoms with van der Waals surface area (Å²) in [6.07, 6.45) is 6.28. The van der Waals surface area contributed by atoms with E-state index in [0.29, 0.717) is 38.9 Å². The maximum atomic E-state index is 14.0. The van der Waals surface area contributed by atoms with Crippen molar-refractivity contribution in [3.8, 4) is 11.3 Å². The minimum Gasteiger partial charge on any atom is -0.383 e. The van der Waals surface area contributed by atoms with E-state index in [1.807, 2.05) is 28.8 Å². The predicted octanol–water partition coefficient (Wildman–Crippen LogP) is 3.80. The molecule has 40 heavy (non-hydrogen) atoms. The number of fused-ring (bicyclic) bond motifs is 4. The number of rotatable bonds is 5. The van der Waals surface area contributed by atoms with Crippen molar-refractivity contribution in [2.24, 2.45) is 5.41 Å². The van der Waals surface area contributed by atoms with E-state index in [4.69, 9.17) is 10.7 Å². The number of carbonyl (C=O) groups excluding carboxylic acids is 2. The fraction of sp³-hybridized carbons (Fsp3) is 0.250. The summed E-state index contributed by atoms with van der Waals surface area (Å²) in [6.45, 7) is 2.11. The average Bonchev–Trinajstić information content (AvgIpc) is 3.35. The molecule has 3 N–H and O–H groups in total. The second-order valence-electron chi connectivity index (χ2n) is 10.6. The summed E-state index contributed by atoms with van der Waals surface area (Å²) in [7, 11) is 0. The predicted molar refractivity (Wildman–Crippen MR) is 153 cm³/mol. The summed E-state index contributed by atoms with van der Waals surface area (Å²) in [5.41, 5.74) is 9.72. The van der Waals surface area contributed by atoms with Gasteiger partial charge in [0.2, 0.25) is 11.8 Å². The number of hydrogen-bond acceptors (Lipinski definition) is 8. The van der Waals surface area contributed by atoms with Crippen LogP contribution in [0, 0.1) is 5.41 Å². The summed E-state index contributed by atoms with van der Waals surface area (Å²) >= 11 is 3.33. The smallest absolute Gasteiger partial charge is 0.248 e. The summed E-state index contributed by atoms with van der Waals surface area (Å²) in [6, 6.07) is 12.3. The van der Waals surface area contributed by atoms with Crippen LogP contribution < -0.4 is 11.1 Å². The van der Waals surface area contributed by atoms with Crippen molar-refractivity contribution in [2.45, 2.75) is 38.4 Å². The number of likely N-dealkylation sites (tertiary alicyclic amines) is 1. The van der Waals surface area contributed by atoms with E-state index in [-0.39, 0.29) is 35.6 Å². The fourth-order valence-corrected chi connectivity index (χ4v) is 6.24. The Bertz CT molecular complexity index is 1830. The highest BCUT2D eigenvalue weighted by Crippen LogP contribution is 2.59. The number of nitrogens with two attached hydrogens (primary N) is 1. The second kappa shape index (κ2) is 9.05. The van der Waals surface area contributed by atoms with E-state index < -0.39 is 6.04 Å². The molecule has 6 heterocycles. The fourth-order valence-electron chi connectivity index (χ4n) is 5.90. The van der Waals surface area contributed by atoms with Crippen LogP contribution in [-0.4, -0.2) is 58.3 Å². The molecular weight excluding hydrogens is 574 g/mol. The van der Waals surface area contributed by atoms with Crippen LogP contribution in [0.25, 0.3) is 33.3 Å². The average molecular weight is 598 g/mol. The molecule has 2 aliphatic rings. The van der Waals surface area contributed by atoms with Gasteiger partial charge in [0.05, 0.1) is 16.6 Å². The van der Waals surface area contributed by atoms with Gasteiger partial charge in [-0.3, -0.25) is 14.6 Å². The lowest BCUT2D eigenvalue weighted by molar-refractivity contribution is -0.138. The molecule has 1 saturated carbocycles. The Balaban J connectivity index is 1.24. The highest BCUT2D eigenvalue weighted by atomic mass is 79.9. The molecule has 0 spiro atoms. The van der Waals surface area contributed by atoms with Crippen molar-refractivity contribution in [2.75, 3.05) is 11.1 Å². The van der Waals surface area contributed by atoms with Crippen LogP contribution in [0.2, 0.25) is 0 Å². The largest absolute Gasteiger partial charge is 0.383 e. The standard InChI is InChI=1S/C28H24BrN9O2/c1-28-11-18(27(40)36-21-4-2-3-20(29)35-21)38(19(28)12-28)22(39)13-37-17-6-5-16(15-7-9-31-10-8-15)34-24(17)23-25(30)32-14-33-26(23)37/h2-10,14,18-19H,11-13H2,1H3,(H2,30,32,33)(H,35,36,40)/t18-,19?,28-/m0/s1. The second-order valence-corrected chi connectivity index (χ2v) is 11.4.